The minimum Gasteiger partial charge on any atom is -0.472 e. The first-order valence-corrected chi connectivity index (χ1v) is 11.0. The van der Waals surface area contributed by atoms with Gasteiger partial charge in [-0.05, 0) is 48.9 Å². The molecule has 29 heavy (non-hydrogen) atoms. The van der Waals surface area contributed by atoms with Crippen LogP contribution in [0.15, 0.2) is 70.5 Å². The number of benzene rings is 1. The summed E-state index contributed by atoms with van der Waals surface area (Å²) in [5.41, 5.74) is 2.34. The molecular formula is C20H17ClN4O3S. The Morgan fingerprint density at radius 1 is 1.14 bits per heavy atom. The van der Waals surface area contributed by atoms with E-state index in [4.69, 9.17) is 21.0 Å². The third-order valence-corrected chi connectivity index (χ3v) is 7.30. The van der Waals surface area contributed by atoms with E-state index in [1.807, 2.05) is 22.8 Å². The smallest absolute Gasteiger partial charge is 0.243 e. The molecule has 3 aromatic heterocycles. The fraction of sp³-hybridized carbons (Fsp3) is 0.200. The van der Waals surface area contributed by atoms with Crippen molar-refractivity contribution in [2.45, 2.75) is 17.4 Å². The molecule has 0 saturated carbocycles. The van der Waals surface area contributed by atoms with E-state index in [9.17, 15) is 8.42 Å². The SMILES string of the molecule is O=S(=O)(c1ccc(Cl)cc1)N1CC[C@H](n2c(-c3ccoc3)nc3cccnc32)C1. The molecule has 1 aromatic carbocycles. The lowest BCUT2D eigenvalue weighted by atomic mass is 10.2. The summed E-state index contributed by atoms with van der Waals surface area (Å²) in [7, 11) is -3.60. The van der Waals surface area contributed by atoms with Crippen LogP contribution in [-0.2, 0) is 10.0 Å². The average molecular weight is 429 g/mol. The average Bonchev–Trinajstić information content (AvgIpc) is 3.46. The number of sulfonamides is 1. The van der Waals surface area contributed by atoms with Crippen molar-refractivity contribution in [3.63, 3.8) is 0 Å². The molecule has 1 fully saturated rings. The summed E-state index contributed by atoms with van der Waals surface area (Å²) in [5.74, 6) is 0.725. The number of hydrogen-bond acceptors (Lipinski definition) is 5. The van der Waals surface area contributed by atoms with E-state index in [1.165, 1.54) is 16.4 Å². The normalized spacial score (nSPS) is 17.9. The number of aromatic nitrogens is 3. The van der Waals surface area contributed by atoms with Gasteiger partial charge in [0.2, 0.25) is 10.0 Å². The van der Waals surface area contributed by atoms with Gasteiger partial charge in [-0.25, -0.2) is 18.4 Å². The van der Waals surface area contributed by atoms with E-state index in [-0.39, 0.29) is 10.9 Å². The van der Waals surface area contributed by atoms with Crippen LogP contribution in [0.5, 0.6) is 0 Å². The summed E-state index contributed by atoms with van der Waals surface area (Å²) in [6.07, 6.45) is 5.61. The van der Waals surface area contributed by atoms with Gasteiger partial charge in [-0.1, -0.05) is 11.6 Å². The van der Waals surface area contributed by atoms with Crippen LogP contribution in [0.3, 0.4) is 0 Å². The Hall–Kier alpha value is -2.68. The second kappa shape index (κ2) is 6.98. The third-order valence-electron chi connectivity index (χ3n) is 5.17. The second-order valence-corrected chi connectivity index (χ2v) is 9.30. The van der Waals surface area contributed by atoms with Crippen molar-refractivity contribution in [3.05, 3.63) is 66.2 Å². The number of pyridine rings is 1. The van der Waals surface area contributed by atoms with Gasteiger partial charge in [0, 0.05) is 24.3 Å². The first-order valence-electron chi connectivity index (χ1n) is 9.15. The maximum atomic E-state index is 13.1. The zero-order valence-corrected chi connectivity index (χ0v) is 16.8. The van der Waals surface area contributed by atoms with Gasteiger partial charge in [-0.15, -0.1) is 0 Å². The quantitative estimate of drug-likeness (QED) is 0.491. The van der Waals surface area contributed by atoms with Crippen LogP contribution in [0.1, 0.15) is 12.5 Å². The third kappa shape index (κ3) is 3.13. The second-order valence-electron chi connectivity index (χ2n) is 6.92. The highest BCUT2D eigenvalue weighted by atomic mass is 35.5. The number of halogens is 1. The molecule has 1 saturated heterocycles. The van der Waals surface area contributed by atoms with Gasteiger partial charge < -0.3 is 8.98 Å². The Labute approximate surface area is 172 Å². The highest BCUT2D eigenvalue weighted by molar-refractivity contribution is 7.89. The molecule has 0 bridgehead atoms. The molecule has 0 radical (unpaired) electrons. The summed E-state index contributed by atoms with van der Waals surface area (Å²) in [6, 6.07) is 11.8. The molecule has 0 amide bonds. The van der Waals surface area contributed by atoms with Gasteiger partial charge in [0.1, 0.15) is 17.6 Å². The van der Waals surface area contributed by atoms with Crippen LogP contribution in [0.2, 0.25) is 5.02 Å². The number of nitrogens with zero attached hydrogens (tertiary/aromatic N) is 4. The van der Waals surface area contributed by atoms with Crippen LogP contribution in [0, 0.1) is 0 Å². The van der Waals surface area contributed by atoms with E-state index in [2.05, 4.69) is 4.98 Å². The largest absolute Gasteiger partial charge is 0.472 e. The Morgan fingerprint density at radius 2 is 1.97 bits per heavy atom. The summed E-state index contributed by atoms with van der Waals surface area (Å²) in [4.78, 5) is 9.45. The van der Waals surface area contributed by atoms with E-state index < -0.39 is 10.0 Å². The zero-order valence-electron chi connectivity index (χ0n) is 15.3. The predicted molar refractivity (Wildman–Crippen MR) is 109 cm³/mol. The van der Waals surface area contributed by atoms with E-state index >= 15 is 0 Å². The lowest BCUT2D eigenvalue weighted by molar-refractivity contribution is 0.455. The number of rotatable bonds is 4. The lowest BCUT2D eigenvalue weighted by Gasteiger charge is -2.18. The molecule has 4 heterocycles. The molecule has 0 unspecified atom stereocenters. The van der Waals surface area contributed by atoms with Crippen molar-refractivity contribution in [2.24, 2.45) is 0 Å². The van der Waals surface area contributed by atoms with Crippen molar-refractivity contribution in [1.29, 1.82) is 0 Å². The van der Waals surface area contributed by atoms with E-state index in [0.717, 1.165) is 22.6 Å². The summed E-state index contributed by atoms with van der Waals surface area (Å²) in [5, 5.41) is 0.504. The lowest BCUT2D eigenvalue weighted by Crippen LogP contribution is -2.29. The van der Waals surface area contributed by atoms with Gasteiger partial charge in [-0.2, -0.15) is 4.31 Å². The molecule has 0 aliphatic carbocycles. The number of furan rings is 1. The van der Waals surface area contributed by atoms with Gasteiger partial charge in [-0.3, -0.25) is 0 Å². The van der Waals surface area contributed by atoms with Crippen molar-refractivity contribution < 1.29 is 12.8 Å². The van der Waals surface area contributed by atoms with Gasteiger partial charge in [0.15, 0.2) is 5.65 Å². The van der Waals surface area contributed by atoms with Crippen molar-refractivity contribution in [2.75, 3.05) is 13.1 Å². The molecule has 5 rings (SSSR count). The van der Waals surface area contributed by atoms with E-state index in [0.29, 0.717) is 24.5 Å². The molecule has 0 N–H and O–H groups in total. The van der Waals surface area contributed by atoms with Crippen LogP contribution < -0.4 is 0 Å². The fourth-order valence-electron chi connectivity index (χ4n) is 3.77. The Morgan fingerprint density at radius 3 is 2.72 bits per heavy atom. The minimum absolute atomic E-state index is 0.0816. The van der Waals surface area contributed by atoms with Crippen LogP contribution in [0.25, 0.3) is 22.6 Å². The highest BCUT2D eigenvalue weighted by Gasteiger charge is 2.35. The van der Waals surface area contributed by atoms with Crippen LogP contribution >= 0.6 is 11.6 Å². The number of fused-ring (bicyclic) bond motifs is 1. The van der Waals surface area contributed by atoms with E-state index in [1.54, 1.807) is 30.9 Å². The maximum Gasteiger partial charge on any atom is 0.243 e. The highest BCUT2D eigenvalue weighted by Crippen LogP contribution is 2.34. The molecule has 1 aliphatic rings. The van der Waals surface area contributed by atoms with Crippen LogP contribution in [-0.4, -0.2) is 40.3 Å². The molecular weight excluding hydrogens is 412 g/mol. The number of hydrogen-bond donors (Lipinski definition) is 0. The Bertz CT molecular complexity index is 1270. The molecule has 4 aromatic rings. The summed E-state index contributed by atoms with van der Waals surface area (Å²) >= 11 is 5.90. The maximum absolute atomic E-state index is 13.1. The number of imidazole rings is 1. The Balaban J connectivity index is 1.53. The fourth-order valence-corrected chi connectivity index (χ4v) is 5.38. The van der Waals surface area contributed by atoms with Gasteiger partial charge >= 0.3 is 0 Å². The van der Waals surface area contributed by atoms with Crippen molar-refractivity contribution >= 4 is 32.8 Å². The monoisotopic (exact) mass is 428 g/mol. The summed E-state index contributed by atoms with van der Waals surface area (Å²) < 4.78 is 34.9. The van der Waals surface area contributed by atoms with Crippen molar-refractivity contribution in [3.8, 4) is 11.4 Å². The van der Waals surface area contributed by atoms with Crippen LogP contribution in [0.4, 0.5) is 0 Å². The zero-order chi connectivity index (χ0) is 20.0. The molecule has 1 aliphatic heterocycles. The molecule has 148 valence electrons. The molecule has 1 atom stereocenters. The standard InChI is InChI=1S/C20H17ClN4O3S/c21-15-3-5-17(6-4-15)29(26,27)24-10-7-16(12-24)25-19(14-8-11-28-13-14)23-18-2-1-9-22-20(18)25/h1-6,8-9,11,13,16H,7,10,12H2/t16-/m0/s1. The minimum atomic E-state index is -3.60. The van der Waals surface area contributed by atoms with Crippen molar-refractivity contribution in [1.82, 2.24) is 18.8 Å². The molecule has 7 nitrogen and oxygen atoms in total. The first kappa shape index (κ1) is 18.4. The predicted octanol–water partition coefficient (Wildman–Crippen LogP) is 3.98. The van der Waals surface area contributed by atoms with Gasteiger partial charge in [0.25, 0.3) is 0 Å². The topological polar surface area (TPSA) is 81.2 Å². The Kier molecular flexibility index (Phi) is 4.42. The molecule has 9 heteroatoms. The molecule has 0 spiro atoms. The summed E-state index contributed by atoms with van der Waals surface area (Å²) in [6.45, 7) is 0.769. The first-order chi connectivity index (χ1) is 14.0. The van der Waals surface area contributed by atoms with Gasteiger partial charge in [0.05, 0.1) is 22.8 Å².